The Hall–Kier alpha value is -6.59. The fourth-order valence-corrected chi connectivity index (χ4v) is 7.47. The van der Waals surface area contributed by atoms with Crippen molar-refractivity contribution in [2.24, 2.45) is 0 Å². The summed E-state index contributed by atoms with van der Waals surface area (Å²) >= 11 is 0. The molecule has 5 heteroatoms. The summed E-state index contributed by atoms with van der Waals surface area (Å²) in [7, 11) is 0. The molecule has 9 aromatic rings. The molecule has 0 aliphatic carbocycles. The molecule has 4 heterocycles. The average Bonchev–Trinajstić information content (AvgIpc) is 3.81. The first-order valence-corrected chi connectivity index (χ1v) is 16.5. The topological polar surface area (TPSA) is 36.4 Å². The number of hydrogen-bond donors (Lipinski definition) is 0. The molecule has 0 saturated heterocycles. The van der Waals surface area contributed by atoms with E-state index in [-0.39, 0.29) is 0 Å². The van der Waals surface area contributed by atoms with Crippen molar-refractivity contribution < 1.29 is 4.74 Å². The number of imidazole rings is 2. The Morgan fingerprint density at radius 2 is 1.27 bits per heavy atom. The molecule has 3 aromatic heterocycles. The van der Waals surface area contributed by atoms with Gasteiger partial charge in [0, 0.05) is 27.7 Å². The largest absolute Gasteiger partial charge is 0.489 e. The van der Waals surface area contributed by atoms with Crippen LogP contribution >= 0.6 is 0 Å². The zero-order valence-corrected chi connectivity index (χ0v) is 26.6. The molecule has 0 spiro atoms. The highest BCUT2D eigenvalue weighted by molar-refractivity contribution is 6.09. The molecule has 10 rings (SSSR count). The molecule has 0 N–H and O–H groups in total. The van der Waals surface area contributed by atoms with Crippen LogP contribution in [0.15, 0.2) is 164 Å². The fourth-order valence-electron chi connectivity index (χ4n) is 7.47. The van der Waals surface area contributed by atoms with Crippen LogP contribution in [-0.2, 0) is 0 Å². The monoisotopic (exact) mass is 630 g/mol. The van der Waals surface area contributed by atoms with Gasteiger partial charge in [0.25, 0.3) is 0 Å². The molecule has 49 heavy (non-hydrogen) atoms. The van der Waals surface area contributed by atoms with Crippen molar-refractivity contribution in [1.29, 1.82) is 0 Å². The highest BCUT2D eigenvalue weighted by atomic mass is 16.5. The van der Waals surface area contributed by atoms with Crippen molar-refractivity contribution in [3.05, 3.63) is 175 Å². The molecule has 0 bridgehead atoms. The summed E-state index contributed by atoms with van der Waals surface area (Å²) in [5, 5.41) is 2.47. The molecule has 0 amide bonds. The fraction of sp³-hybridized carbons (Fsp3) is 0.0227. The maximum atomic E-state index is 6.31. The van der Waals surface area contributed by atoms with E-state index in [2.05, 4.69) is 172 Å². The summed E-state index contributed by atoms with van der Waals surface area (Å²) in [5.41, 5.74) is 12.8. The minimum atomic E-state index is 0.454. The van der Waals surface area contributed by atoms with Crippen LogP contribution in [0.25, 0.3) is 72.2 Å². The van der Waals surface area contributed by atoms with E-state index in [1.807, 2.05) is 6.07 Å². The molecule has 5 nitrogen and oxygen atoms in total. The SMILES string of the molecule is C=C1/C=C(c2cccc(-n3c4ccccc4n4c5ccccc5nc34)c2)\C=C/COc2ccc(-n3c4ccccc4c4ccccc43)cc21. The Balaban J connectivity index is 1.10. The van der Waals surface area contributed by atoms with Crippen LogP contribution in [0.3, 0.4) is 0 Å². The minimum Gasteiger partial charge on any atom is -0.489 e. The van der Waals surface area contributed by atoms with Crippen molar-refractivity contribution in [3.63, 3.8) is 0 Å². The van der Waals surface area contributed by atoms with E-state index in [4.69, 9.17) is 9.72 Å². The van der Waals surface area contributed by atoms with Crippen molar-refractivity contribution >= 4 is 60.8 Å². The third-order valence-corrected chi connectivity index (χ3v) is 9.65. The number of para-hydroxylation sites is 6. The first kappa shape index (κ1) is 27.5. The summed E-state index contributed by atoms with van der Waals surface area (Å²) in [5.74, 6) is 1.71. The van der Waals surface area contributed by atoms with Crippen LogP contribution in [0.1, 0.15) is 11.1 Å². The lowest BCUT2D eigenvalue weighted by molar-refractivity contribution is 0.362. The Bertz CT molecular complexity index is 2810. The van der Waals surface area contributed by atoms with E-state index in [1.165, 1.54) is 21.8 Å². The Kier molecular flexibility index (Phi) is 6.02. The molecule has 0 fully saturated rings. The number of allylic oxidation sites excluding steroid dienone is 4. The molecule has 0 radical (unpaired) electrons. The lowest BCUT2D eigenvalue weighted by atomic mass is 9.98. The van der Waals surface area contributed by atoms with Crippen molar-refractivity contribution in [2.45, 2.75) is 0 Å². The van der Waals surface area contributed by atoms with Crippen LogP contribution in [0, 0.1) is 0 Å². The summed E-state index contributed by atoms with van der Waals surface area (Å²) in [6, 6.07) is 49.1. The summed E-state index contributed by atoms with van der Waals surface area (Å²) < 4.78 is 13.1. The Morgan fingerprint density at radius 1 is 0.592 bits per heavy atom. The third kappa shape index (κ3) is 4.22. The zero-order chi connectivity index (χ0) is 32.5. The maximum absolute atomic E-state index is 6.31. The molecule has 232 valence electrons. The van der Waals surface area contributed by atoms with Gasteiger partial charge in [-0.05, 0) is 95.6 Å². The quantitative estimate of drug-likeness (QED) is 0.195. The second-order valence-electron chi connectivity index (χ2n) is 12.5. The van der Waals surface area contributed by atoms with Gasteiger partial charge in [0.2, 0.25) is 5.78 Å². The van der Waals surface area contributed by atoms with Crippen LogP contribution in [0.5, 0.6) is 5.75 Å². The van der Waals surface area contributed by atoms with Crippen LogP contribution in [0.4, 0.5) is 0 Å². The number of hydrogen-bond acceptors (Lipinski definition) is 2. The number of nitrogens with zero attached hydrogens (tertiary/aromatic N) is 4. The smallest absolute Gasteiger partial charge is 0.220 e. The minimum absolute atomic E-state index is 0.454. The van der Waals surface area contributed by atoms with Gasteiger partial charge in [0.15, 0.2) is 0 Å². The van der Waals surface area contributed by atoms with Gasteiger partial charge in [-0.1, -0.05) is 85.5 Å². The molecule has 1 aliphatic rings. The van der Waals surface area contributed by atoms with Gasteiger partial charge < -0.3 is 9.30 Å². The third-order valence-electron chi connectivity index (χ3n) is 9.65. The number of fused-ring (bicyclic) bond motifs is 9. The van der Waals surface area contributed by atoms with Crippen molar-refractivity contribution in [3.8, 4) is 17.1 Å². The van der Waals surface area contributed by atoms with Gasteiger partial charge >= 0.3 is 0 Å². The van der Waals surface area contributed by atoms with E-state index in [0.717, 1.165) is 67.2 Å². The van der Waals surface area contributed by atoms with Gasteiger partial charge in [-0.25, -0.2) is 4.98 Å². The zero-order valence-electron chi connectivity index (χ0n) is 26.6. The number of rotatable bonds is 3. The second-order valence-corrected chi connectivity index (χ2v) is 12.5. The van der Waals surface area contributed by atoms with E-state index >= 15 is 0 Å². The lowest BCUT2D eigenvalue weighted by Crippen LogP contribution is -1.99. The maximum Gasteiger partial charge on any atom is 0.220 e. The number of benzene rings is 6. The lowest BCUT2D eigenvalue weighted by Gasteiger charge is -2.15. The standard InChI is InChI=1S/C44H30N4O/c1-29-26-30(31-12-10-14-32(27-31)47-41-21-8-9-22-42(41)48-40-20-7-4-17-37(40)45-44(47)48)13-11-25-49-43-24-23-33(28-36(29)43)46-38-18-5-2-15-34(38)35-16-3-6-19-39(35)46/h2-24,26-28H,1,25H2/b13-11-,30-26+. The molecule has 0 saturated carbocycles. The van der Waals surface area contributed by atoms with E-state index in [9.17, 15) is 0 Å². The summed E-state index contributed by atoms with van der Waals surface area (Å²) in [4.78, 5) is 5.08. The average molecular weight is 631 g/mol. The Labute approximate surface area is 282 Å². The van der Waals surface area contributed by atoms with Crippen LogP contribution in [0.2, 0.25) is 0 Å². The van der Waals surface area contributed by atoms with E-state index in [1.54, 1.807) is 0 Å². The van der Waals surface area contributed by atoms with Gasteiger partial charge in [-0.3, -0.25) is 8.97 Å². The van der Waals surface area contributed by atoms with E-state index in [0.29, 0.717) is 6.61 Å². The summed E-state index contributed by atoms with van der Waals surface area (Å²) in [6.45, 7) is 5.04. The van der Waals surface area contributed by atoms with Gasteiger partial charge in [-0.15, -0.1) is 0 Å². The highest BCUT2D eigenvalue weighted by Gasteiger charge is 2.18. The predicted molar refractivity (Wildman–Crippen MR) is 202 cm³/mol. The number of aromatic nitrogens is 4. The van der Waals surface area contributed by atoms with Gasteiger partial charge in [0.05, 0.1) is 33.1 Å². The first-order chi connectivity index (χ1) is 24.2. The molecule has 6 aromatic carbocycles. The normalized spacial score (nSPS) is 15.2. The summed E-state index contributed by atoms with van der Waals surface area (Å²) in [6.07, 6.45) is 6.38. The molecular formula is C44H30N4O. The molecule has 0 atom stereocenters. The molecule has 1 aliphatic heterocycles. The van der Waals surface area contributed by atoms with Crippen molar-refractivity contribution in [2.75, 3.05) is 6.61 Å². The van der Waals surface area contributed by atoms with Crippen LogP contribution in [-0.4, -0.2) is 25.1 Å². The first-order valence-electron chi connectivity index (χ1n) is 16.5. The molecular weight excluding hydrogens is 601 g/mol. The molecule has 0 unspecified atom stereocenters. The van der Waals surface area contributed by atoms with E-state index < -0.39 is 0 Å². The predicted octanol–water partition coefficient (Wildman–Crippen LogP) is 10.6. The van der Waals surface area contributed by atoms with Crippen molar-refractivity contribution in [1.82, 2.24) is 18.5 Å². The Morgan fingerprint density at radius 3 is 2.06 bits per heavy atom. The highest BCUT2D eigenvalue weighted by Crippen LogP contribution is 2.37. The van der Waals surface area contributed by atoms with Gasteiger partial charge in [0.1, 0.15) is 12.4 Å². The second kappa shape index (κ2) is 10.7. The van der Waals surface area contributed by atoms with Gasteiger partial charge in [-0.2, -0.15) is 0 Å². The van der Waals surface area contributed by atoms with Crippen LogP contribution < -0.4 is 4.74 Å². The number of ether oxygens (including phenoxy) is 1.